The molecule has 1 saturated heterocycles. The first-order chi connectivity index (χ1) is 11.1. The summed E-state index contributed by atoms with van der Waals surface area (Å²) in [5, 5.41) is 0. The van der Waals surface area contributed by atoms with Crippen molar-refractivity contribution in [3.05, 3.63) is 36.0 Å². The Morgan fingerprint density at radius 3 is 2.70 bits per heavy atom. The Hall–Kier alpha value is -1.35. The fourth-order valence-electron chi connectivity index (χ4n) is 4.28. The predicted molar refractivity (Wildman–Crippen MR) is 92.8 cm³/mol. The second-order valence-corrected chi connectivity index (χ2v) is 7.94. The van der Waals surface area contributed by atoms with Gasteiger partial charge in [0.2, 0.25) is 0 Å². The highest BCUT2D eigenvalue weighted by molar-refractivity contribution is 5.77. The third-order valence-corrected chi connectivity index (χ3v) is 5.55. The molecule has 3 heteroatoms. The standard InChI is InChI=1S/C20H30NO2/c1-21(2)14-13-18(15-21)23-20(22)19(17-11-7-8-12-17)16-9-5-3-4-6-10-16/h3-5,9-10,17-19H,6-8,11-15H2,1-2H3/q+1/t18?,19-/m1/s1. The number of hydrogen-bond donors (Lipinski definition) is 0. The van der Waals surface area contributed by atoms with Crippen molar-refractivity contribution in [1.29, 1.82) is 0 Å². The molecule has 126 valence electrons. The van der Waals surface area contributed by atoms with E-state index in [1.165, 1.54) is 18.4 Å². The van der Waals surface area contributed by atoms with E-state index in [9.17, 15) is 4.79 Å². The highest BCUT2D eigenvalue weighted by Crippen LogP contribution is 2.37. The van der Waals surface area contributed by atoms with E-state index in [-0.39, 0.29) is 18.0 Å². The molecular formula is C20H30NO2+. The third-order valence-electron chi connectivity index (χ3n) is 5.55. The number of rotatable bonds is 4. The summed E-state index contributed by atoms with van der Waals surface area (Å²) in [7, 11) is 4.43. The van der Waals surface area contributed by atoms with Gasteiger partial charge < -0.3 is 9.22 Å². The van der Waals surface area contributed by atoms with Crippen LogP contribution in [0.4, 0.5) is 0 Å². The lowest BCUT2D eigenvalue weighted by Gasteiger charge is -2.26. The minimum atomic E-state index is -0.0649. The topological polar surface area (TPSA) is 26.3 Å². The van der Waals surface area contributed by atoms with Crippen molar-refractivity contribution in [3.8, 4) is 0 Å². The average Bonchev–Trinajstić information content (AvgIpc) is 3.03. The molecule has 0 spiro atoms. The normalized spacial score (nSPS) is 28.4. The number of carbonyl (C=O) groups is 1. The molecule has 1 unspecified atom stereocenters. The van der Waals surface area contributed by atoms with E-state index in [0.29, 0.717) is 5.92 Å². The molecule has 0 N–H and O–H groups in total. The number of carbonyl (C=O) groups excluding carboxylic acids is 1. The van der Waals surface area contributed by atoms with Crippen LogP contribution in [-0.2, 0) is 9.53 Å². The van der Waals surface area contributed by atoms with Crippen molar-refractivity contribution in [3.63, 3.8) is 0 Å². The molecule has 1 heterocycles. The van der Waals surface area contributed by atoms with Crippen LogP contribution in [0.5, 0.6) is 0 Å². The summed E-state index contributed by atoms with van der Waals surface area (Å²) in [4.78, 5) is 13.0. The lowest BCUT2D eigenvalue weighted by Crippen LogP contribution is -2.38. The van der Waals surface area contributed by atoms with Crippen LogP contribution in [0.1, 0.15) is 38.5 Å². The Labute approximate surface area is 140 Å². The van der Waals surface area contributed by atoms with Gasteiger partial charge in [-0.1, -0.05) is 43.2 Å². The summed E-state index contributed by atoms with van der Waals surface area (Å²) in [6.45, 7) is 2.04. The largest absolute Gasteiger partial charge is 0.456 e. The van der Waals surface area contributed by atoms with Gasteiger partial charge in [0.25, 0.3) is 0 Å². The second kappa shape index (κ2) is 7.04. The zero-order valence-corrected chi connectivity index (χ0v) is 14.5. The molecule has 1 saturated carbocycles. The van der Waals surface area contributed by atoms with E-state index < -0.39 is 0 Å². The molecule has 2 aliphatic carbocycles. The first kappa shape index (κ1) is 16.5. The maximum absolute atomic E-state index is 13.0. The van der Waals surface area contributed by atoms with Crippen molar-refractivity contribution >= 4 is 5.97 Å². The summed E-state index contributed by atoms with van der Waals surface area (Å²) in [6.07, 6.45) is 17.4. The molecule has 0 radical (unpaired) electrons. The maximum atomic E-state index is 13.0. The maximum Gasteiger partial charge on any atom is 0.314 e. The van der Waals surface area contributed by atoms with Gasteiger partial charge in [0.15, 0.2) is 6.10 Å². The molecule has 2 fully saturated rings. The number of nitrogens with zero attached hydrogens (tertiary/aromatic N) is 1. The Morgan fingerprint density at radius 2 is 2.00 bits per heavy atom. The molecule has 3 nitrogen and oxygen atoms in total. The number of likely N-dealkylation sites (tertiary alicyclic amines) is 1. The smallest absolute Gasteiger partial charge is 0.314 e. The van der Waals surface area contributed by atoms with Gasteiger partial charge in [0.05, 0.1) is 26.6 Å². The Bertz CT molecular complexity index is 524. The molecular weight excluding hydrogens is 286 g/mol. The number of quaternary nitrogens is 1. The molecule has 1 aliphatic heterocycles. The number of allylic oxidation sites excluding steroid dienone is 5. The number of esters is 1. The van der Waals surface area contributed by atoms with E-state index in [0.717, 1.165) is 43.3 Å². The monoisotopic (exact) mass is 316 g/mol. The van der Waals surface area contributed by atoms with Crippen LogP contribution < -0.4 is 0 Å². The van der Waals surface area contributed by atoms with Gasteiger partial charge in [-0.3, -0.25) is 4.79 Å². The molecule has 3 aliphatic rings. The first-order valence-corrected chi connectivity index (χ1v) is 9.11. The Balaban J connectivity index is 1.72. The summed E-state index contributed by atoms with van der Waals surface area (Å²) in [6, 6.07) is 0. The minimum absolute atomic E-state index is 0.0154. The Kier molecular flexibility index (Phi) is 5.05. The van der Waals surface area contributed by atoms with E-state index in [1.54, 1.807) is 0 Å². The van der Waals surface area contributed by atoms with Crippen LogP contribution in [0.25, 0.3) is 0 Å². The summed E-state index contributed by atoms with van der Waals surface area (Å²) in [5.41, 5.74) is 1.17. The molecule has 0 aromatic heterocycles. The van der Waals surface area contributed by atoms with Gasteiger partial charge in [-0.05, 0) is 30.8 Å². The van der Waals surface area contributed by atoms with E-state index >= 15 is 0 Å². The quantitative estimate of drug-likeness (QED) is 0.585. The zero-order chi connectivity index (χ0) is 16.3. The zero-order valence-electron chi connectivity index (χ0n) is 14.5. The lowest BCUT2D eigenvalue weighted by atomic mass is 9.84. The molecule has 0 bridgehead atoms. The van der Waals surface area contributed by atoms with Crippen LogP contribution in [0.2, 0.25) is 0 Å². The lowest BCUT2D eigenvalue weighted by molar-refractivity contribution is -0.879. The van der Waals surface area contributed by atoms with Crippen molar-refractivity contribution in [2.75, 3.05) is 27.2 Å². The van der Waals surface area contributed by atoms with Gasteiger partial charge in [-0.2, -0.15) is 0 Å². The van der Waals surface area contributed by atoms with E-state index in [4.69, 9.17) is 4.74 Å². The summed E-state index contributed by atoms with van der Waals surface area (Å²) in [5.74, 6) is 0.409. The number of likely N-dealkylation sites (N-methyl/N-ethyl adjacent to an activating group) is 1. The van der Waals surface area contributed by atoms with Crippen LogP contribution in [-0.4, -0.2) is 43.7 Å². The molecule has 3 rings (SSSR count). The second-order valence-electron chi connectivity index (χ2n) is 7.94. The fourth-order valence-corrected chi connectivity index (χ4v) is 4.28. The molecule has 0 aromatic carbocycles. The van der Waals surface area contributed by atoms with Gasteiger partial charge >= 0.3 is 5.97 Å². The van der Waals surface area contributed by atoms with Crippen molar-refractivity contribution in [2.45, 2.75) is 44.6 Å². The van der Waals surface area contributed by atoms with Gasteiger partial charge in [0.1, 0.15) is 6.54 Å². The van der Waals surface area contributed by atoms with Gasteiger partial charge in [0, 0.05) is 6.42 Å². The average molecular weight is 316 g/mol. The van der Waals surface area contributed by atoms with E-state index in [1.807, 2.05) is 0 Å². The minimum Gasteiger partial charge on any atom is -0.456 e. The molecule has 0 aromatic rings. The van der Waals surface area contributed by atoms with Gasteiger partial charge in [-0.25, -0.2) is 0 Å². The molecule has 2 atom stereocenters. The van der Waals surface area contributed by atoms with E-state index in [2.05, 4.69) is 44.5 Å². The van der Waals surface area contributed by atoms with Crippen molar-refractivity contribution in [2.24, 2.45) is 11.8 Å². The number of hydrogen-bond acceptors (Lipinski definition) is 2. The van der Waals surface area contributed by atoms with Crippen LogP contribution in [0.15, 0.2) is 36.0 Å². The summed E-state index contributed by atoms with van der Waals surface area (Å²) < 4.78 is 6.92. The highest BCUT2D eigenvalue weighted by atomic mass is 16.5. The third kappa shape index (κ3) is 4.14. The molecule has 23 heavy (non-hydrogen) atoms. The number of ether oxygens (including phenoxy) is 1. The van der Waals surface area contributed by atoms with Crippen LogP contribution in [0, 0.1) is 11.8 Å². The van der Waals surface area contributed by atoms with Gasteiger partial charge in [-0.15, -0.1) is 0 Å². The first-order valence-electron chi connectivity index (χ1n) is 9.11. The van der Waals surface area contributed by atoms with Crippen LogP contribution in [0.3, 0.4) is 0 Å². The van der Waals surface area contributed by atoms with Crippen molar-refractivity contribution < 1.29 is 14.0 Å². The van der Waals surface area contributed by atoms with Crippen molar-refractivity contribution in [1.82, 2.24) is 0 Å². The fraction of sp³-hybridized carbons (Fsp3) is 0.650. The SMILES string of the molecule is C[N+]1(C)CCC(OC(=O)[C@H](C2=CCC=CC=C2)C2CCCC2)C1. The van der Waals surface area contributed by atoms with Crippen LogP contribution >= 0.6 is 0 Å². The predicted octanol–water partition coefficient (Wildman–Crippen LogP) is 3.63. The highest BCUT2D eigenvalue weighted by Gasteiger charge is 2.38. The Morgan fingerprint density at radius 1 is 1.22 bits per heavy atom. The molecule has 0 amide bonds. The summed E-state index contributed by atoms with van der Waals surface area (Å²) >= 11 is 0.